The summed E-state index contributed by atoms with van der Waals surface area (Å²) in [6, 6.07) is 13.9. The van der Waals surface area contributed by atoms with E-state index in [0.29, 0.717) is 25.9 Å². The molecule has 32 heavy (non-hydrogen) atoms. The fourth-order valence-corrected chi connectivity index (χ4v) is 6.34. The minimum Gasteiger partial charge on any atom is -0.370 e. The maximum atomic E-state index is 13.4. The molecular weight excluding hydrogens is 437 g/mol. The van der Waals surface area contributed by atoms with Crippen molar-refractivity contribution in [1.29, 1.82) is 0 Å². The molecule has 2 aromatic carbocycles. The van der Waals surface area contributed by atoms with E-state index in [4.69, 9.17) is 0 Å². The van der Waals surface area contributed by atoms with Crippen molar-refractivity contribution in [3.05, 3.63) is 66.4 Å². The molecule has 1 aromatic heterocycles. The highest BCUT2D eigenvalue weighted by molar-refractivity contribution is 7.92. The second-order valence-electron chi connectivity index (χ2n) is 8.75. The van der Waals surface area contributed by atoms with Crippen LogP contribution in [0.3, 0.4) is 0 Å². The minimum absolute atomic E-state index is 0.179. The topological polar surface area (TPSA) is 50.3 Å². The summed E-state index contributed by atoms with van der Waals surface area (Å²) in [6.07, 6.45) is -1.60. The molecule has 4 rings (SSSR count). The van der Waals surface area contributed by atoms with Crippen molar-refractivity contribution in [1.82, 2.24) is 4.98 Å². The Bertz CT molecular complexity index is 1230. The van der Waals surface area contributed by atoms with Crippen molar-refractivity contribution < 1.29 is 21.6 Å². The van der Waals surface area contributed by atoms with Crippen molar-refractivity contribution >= 4 is 26.4 Å². The van der Waals surface area contributed by atoms with Crippen molar-refractivity contribution in [2.24, 2.45) is 5.92 Å². The number of benzene rings is 2. The molecular formula is C24H25F3N2O2S. The van der Waals surface area contributed by atoms with Gasteiger partial charge in [-0.1, -0.05) is 24.3 Å². The largest absolute Gasteiger partial charge is 0.416 e. The Morgan fingerprint density at radius 3 is 2.31 bits per heavy atom. The van der Waals surface area contributed by atoms with Gasteiger partial charge in [0.15, 0.2) is 9.84 Å². The Hall–Kier alpha value is -2.61. The van der Waals surface area contributed by atoms with Gasteiger partial charge in [-0.25, -0.2) is 8.42 Å². The molecule has 170 valence electrons. The van der Waals surface area contributed by atoms with Crippen molar-refractivity contribution in [3.63, 3.8) is 0 Å². The second kappa shape index (κ2) is 8.06. The van der Waals surface area contributed by atoms with Gasteiger partial charge in [0.1, 0.15) is 0 Å². The number of fused-ring (bicyclic) bond motifs is 1. The van der Waals surface area contributed by atoms with Gasteiger partial charge in [-0.2, -0.15) is 13.2 Å². The van der Waals surface area contributed by atoms with Gasteiger partial charge >= 0.3 is 6.18 Å². The summed E-state index contributed by atoms with van der Waals surface area (Å²) >= 11 is 0. The molecule has 0 unspecified atom stereocenters. The Balaban J connectivity index is 1.56. The van der Waals surface area contributed by atoms with E-state index >= 15 is 0 Å². The third-order valence-corrected chi connectivity index (χ3v) is 9.19. The van der Waals surface area contributed by atoms with Crippen LogP contribution in [0.2, 0.25) is 0 Å². The zero-order valence-electron chi connectivity index (χ0n) is 17.9. The van der Waals surface area contributed by atoms with Crippen LogP contribution in [0.15, 0.2) is 65.7 Å². The van der Waals surface area contributed by atoms with Gasteiger partial charge < -0.3 is 4.90 Å². The van der Waals surface area contributed by atoms with Gasteiger partial charge in [-0.15, -0.1) is 0 Å². The maximum Gasteiger partial charge on any atom is 0.416 e. The van der Waals surface area contributed by atoms with Gasteiger partial charge in [0.2, 0.25) is 0 Å². The molecule has 0 amide bonds. The highest BCUT2D eigenvalue weighted by Gasteiger charge is 2.44. The van der Waals surface area contributed by atoms with Crippen LogP contribution >= 0.6 is 0 Å². The third kappa shape index (κ3) is 3.96. The van der Waals surface area contributed by atoms with Crippen LogP contribution < -0.4 is 4.90 Å². The Morgan fingerprint density at radius 2 is 1.62 bits per heavy atom. The first kappa shape index (κ1) is 22.6. The minimum atomic E-state index is -4.59. The lowest BCUT2D eigenvalue weighted by Gasteiger charge is -2.41. The molecule has 3 aromatic rings. The lowest BCUT2D eigenvalue weighted by molar-refractivity contribution is -0.137. The smallest absolute Gasteiger partial charge is 0.370 e. The third-order valence-electron chi connectivity index (χ3n) is 6.59. The molecule has 4 nitrogen and oxygen atoms in total. The van der Waals surface area contributed by atoms with Crippen molar-refractivity contribution in [3.8, 4) is 0 Å². The number of sulfone groups is 1. The fraction of sp³-hybridized carbons (Fsp3) is 0.375. The first-order chi connectivity index (χ1) is 15.0. The van der Waals surface area contributed by atoms with Crippen LogP contribution in [0.5, 0.6) is 0 Å². The summed E-state index contributed by atoms with van der Waals surface area (Å²) in [6.45, 7) is 4.56. The average molecular weight is 463 g/mol. The van der Waals surface area contributed by atoms with Crippen LogP contribution in [0.25, 0.3) is 10.9 Å². The first-order valence-electron chi connectivity index (χ1n) is 10.5. The number of hydrogen-bond donors (Lipinski definition) is 0. The lowest BCUT2D eigenvalue weighted by Crippen LogP contribution is -2.46. The number of rotatable bonds is 4. The van der Waals surface area contributed by atoms with E-state index in [1.54, 1.807) is 20.0 Å². The molecule has 0 bridgehead atoms. The van der Waals surface area contributed by atoms with Gasteiger partial charge in [-0.3, -0.25) is 4.98 Å². The van der Waals surface area contributed by atoms with E-state index in [1.807, 2.05) is 30.3 Å². The predicted molar refractivity (Wildman–Crippen MR) is 119 cm³/mol. The summed E-state index contributed by atoms with van der Waals surface area (Å²) in [4.78, 5) is 6.43. The molecule has 1 saturated heterocycles. The molecule has 2 heterocycles. The maximum absolute atomic E-state index is 13.4. The second-order valence-corrected chi connectivity index (χ2v) is 11.3. The Labute approximate surface area is 186 Å². The number of alkyl halides is 3. The standard InChI is InChI=1S/C24H25F3N2O2S/c1-23(2,32(30,31)20-9-4-8-19(16-20)24(25,26)27)18-11-14-29(15-12-18)21-10-3-6-17-7-5-13-28-22(17)21/h3-10,13,16,18H,11-12,14-15H2,1-2H3. The molecule has 1 aliphatic heterocycles. The fourth-order valence-electron chi connectivity index (χ4n) is 4.52. The molecule has 0 saturated carbocycles. The van der Waals surface area contributed by atoms with E-state index < -0.39 is 26.3 Å². The number of aromatic nitrogens is 1. The zero-order chi connectivity index (χ0) is 23.1. The van der Waals surface area contributed by atoms with Crippen molar-refractivity contribution in [2.75, 3.05) is 18.0 Å². The van der Waals surface area contributed by atoms with Gasteiger partial charge in [0, 0.05) is 24.7 Å². The Morgan fingerprint density at radius 1 is 0.969 bits per heavy atom. The van der Waals surface area contributed by atoms with Gasteiger partial charge in [-0.05, 0) is 62.9 Å². The van der Waals surface area contributed by atoms with E-state index in [9.17, 15) is 21.6 Å². The van der Waals surface area contributed by atoms with E-state index in [2.05, 4.69) is 9.88 Å². The average Bonchev–Trinajstić information content (AvgIpc) is 2.78. The molecule has 0 atom stereocenters. The number of hydrogen-bond acceptors (Lipinski definition) is 4. The number of para-hydroxylation sites is 1. The predicted octanol–water partition coefficient (Wildman–Crippen LogP) is 5.72. The van der Waals surface area contributed by atoms with Gasteiger partial charge in [0.25, 0.3) is 0 Å². The summed E-state index contributed by atoms with van der Waals surface area (Å²) in [5, 5.41) is 1.04. The first-order valence-corrected chi connectivity index (χ1v) is 12.0. The van der Waals surface area contributed by atoms with E-state index in [1.165, 1.54) is 6.07 Å². The number of pyridine rings is 1. The van der Waals surface area contributed by atoms with Crippen molar-refractivity contribution in [2.45, 2.75) is 42.5 Å². The number of piperidine rings is 1. The summed E-state index contributed by atoms with van der Waals surface area (Å²) in [7, 11) is -3.97. The van der Waals surface area contributed by atoms with Crippen LogP contribution in [0, 0.1) is 5.92 Å². The van der Waals surface area contributed by atoms with Gasteiger partial charge in [0.05, 0.1) is 26.4 Å². The molecule has 8 heteroatoms. The summed E-state index contributed by atoms with van der Waals surface area (Å²) in [5.41, 5.74) is 0.969. The molecule has 1 aliphatic rings. The zero-order valence-corrected chi connectivity index (χ0v) is 18.7. The lowest BCUT2D eigenvalue weighted by atomic mass is 9.85. The van der Waals surface area contributed by atoms with Crippen LogP contribution in [-0.2, 0) is 16.0 Å². The molecule has 0 spiro atoms. The van der Waals surface area contributed by atoms with E-state index in [0.717, 1.165) is 34.8 Å². The summed E-state index contributed by atoms with van der Waals surface area (Å²) in [5.74, 6) is -0.179. The highest BCUT2D eigenvalue weighted by atomic mass is 32.2. The van der Waals surface area contributed by atoms with Crippen LogP contribution in [0.1, 0.15) is 32.3 Å². The van der Waals surface area contributed by atoms with Crippen LogP contribution in [0.4, 0.5) is 18.9 Å². The normalized spacial score (nSPS) is 16.5. The number of anilines is 1. The van der Waals surface area contributed by atoms with Crippen LogP contribution in [-0.4, -0.2) is 31.2 Å². The number of halogens is 3. The molecule has 0 radical (unpaired) electrons. The number of nitrogens with zero attached hydrogens (tertiary/aromatic N) is 2. The molecule has 0 aliphatic carbocycles. The highest BCUT2D eigenvalue weighted by Crippen LogP contribution is 2.40. The SMILES string of the molecule is CC(C)(C1CCN(c2cccc3cccnc23)CC1)S(=O)(=O)c1cccc(C(F)(F)F)c1. The Kier molecular flexibility index (Phi) is 5.69. The molecule has 0 N–H and O–H groups in total. The van der Waals surface area contributed by atoms with E-state index in [-0.39, 0.29) is 10.8 Å². The summed E-state index contributed by atoms with van der Waals surface area (Å²) < 4.78 is 64.9. The monoisotopic (exact) mass is 462 g/mol. The molecule has 1 fully saturated rings. The quantitative estimate of drug-likeness (QED) is 0.497.